The number of carboxylic acid groups (broad SMARTS) is 1. The van der Waals surface area contributed by atoms with Crippen molar-refractivity contribution in [2.24, 2.45) is 11.8 Å². The molecule has 1 aromatic rings. The molecule has 1 N–H and O–H groups in total. The van der Waals surface area contributed by atoms with Crippen LogP contribution in [-0.4, -0.2) is 11.1 Å². The summed E-state index contributed by atoms with van der Waals surface area (Å²) >= 11 is 6.15. The van der Waals surface area contributed by atoms with Gasteiger partial charge >= 0.3 is 5.97 Å². The summed E-state index contributed by atoms with van der Waals surface area (Å²) in [4.78, 5) is 11.5. The second-order valence-electron chi connectivity index (χ2n) is 6.20. The second-order valence-corrected chi connectivity index (χ2v) is 6.64. The fourth-order valence-electron chi connectivity index (χ4n) is 4.28. The molecule has 19 heavy (non-hydrogen) atoms. The first-order valence-electron chi connectivity index (χ1n) is 7.04. The summed E-state index contributed by atoms with van der Waals surface area (Å²) in [5.41, 5.74) is 2.64. The van der Waals surface area contributed by atoms with Gasteiger partial charge in [-0.05, 0) is 60.3 Å². The molecule has 0 heterocycles. The number of aliphatic carboxylic acids is 1. The van der Waals surface area contributed by atoms with E-state index >= 15 is 0 Å². The maximum absolute atomic E-state index is 11.5. The lowest BCUT2D eigenvalue weighted by atomic mass is 9.55. The van der Waals surface area contributed by atoms with E-state index in [1.165, 1.54) is 11.1 Å². The number of fused-ring (bicyclic) bond motifs is 3. The van der Waals surface area contributed by atoms with E-state index in [0.717, 1.165) is 37.1 Å². The van der Waals surface area contributed by atoms with Crippen molar-refractivity contribution < 1.29 is 9.90 Å². The van der Waals surface area contributed by atoms with E-state index in [1.807, 2.05) is 6.07 Å². The van der Waals surface area contributed by atoms with Crippen LogP contribution in [0.25, 0.3) is 0 Å². The zero-order valence-corrected chi connectivity index (χ0v) is 11.9. The van der Waals surface area contributed by atoms with Gasteiger partial charge in [0.05, 0.1) is 5.92 Å². The Morgan fingerprint density at radius 3 is 2.95 bits per heavy atom. The molecule has 3 atom stereocenters. The normalized spacial score (nSPS) is 33.4. The maximum Gasteiger partial charge on any atom is 0.306 e. The summed E-state index contributed by atoms with van der Waals surface area (Å²) < 4.78 is 0. The van der Waals surface area contributed by atoms with Gasteiger partial charge in [0.2, 0.25) is 0 Å². The lowest BCUT2D eigenvalue weighted by Gasteiger charge is -2.49. The van der Waals surface area contributed by atoms with Crippen molar-refractivity contribution in [2.45, 2.75) is 44.4 Å². The average Bonchev–Trinajstić information content (AvgIpc) is 2.37. The molecule has 0 amide bonds. The van der Waals surface area contributed by atoms with Crippen LogP contribution in [0, 0.1) is 11.8 Å². The van der Waals surface area contributed by atoms with Gasteiger partial charge < -0.3 is 5.11 Å². The van der Waals surface area contributed by atoms with Crippen molar-refractivity contribution in [3.05, 3.63) is 34.3 Å². The van der Waals surface area contributed by atoms with Crippen molar-refractivity contribution in [3.63, 3.8) is 0 Å². The standard InChI is InChI=1S/C16H19ClO2/c1-16-8-2-3-12(15(18)19)13(16)7-5-10-4-6-11(17)9-14(10)16/h4,6,9,12-13H,2-3,5,7-8H2,1H3,(H,18,19)/t12-,13?,16-/m0/s1. The molecule has 0 aromatic heterocycles. The highest BCUT2D eigenvalue weighted by Gasteiger charge is 2.48. The molecule has 0 saturated heterocycles. The minimum Gasteiger partial charge on any atom is -0.481 e. The van der Waals surface area contributed by atoms with Gasteiger partial charge in [-0.3, -0.25) is 4.79 Å². The third-order valence-corrected chi connectivity index (χ3v) is 5.48. The topological polar surface area (TPSA) is 37.3 Å². The molecule has 0 aliphatic heterocycles. The Morgan fingerprint density at radius 1 is 1.42 bits per heavy atom. The first-order chi connectivity index (χ1) is 9.02. The Morgan fingerprint density at radius 2 is 2.21 bits per heavy atom. The number of benzene rings is 1. The quantitative estimate of drug-likeness (QED) is 0.842. The lowest BCUT2D eigenvalue weighted by molar-refractivity contribution is -0.147. The van der Waals surface area contributed by atoms with Gasteiger partial charge in [0.1, 0.15) is 0 Å². The van der Waals surface area contributed by atoms with Crippen LogP contribution < -0.4 is 0 Å². The van der Waals surface area contributed by atoms with Crippen molar-refractivity contribution >= 4 is 17.6 Å². The summed E-state index contributed by atoms with van der Waals surface area (Å²) in [7, 11) is 0. The molecule has 2 aliphatic rings. The van der Waals surface area contributed by atoms with Gasteiger partial charge in [-0.15, -0.1) is 0 Å². The summed E-state index contributed by atoms with van der Waals surface area (Å²) in [6.45, 7) is 2.24. The zero-order chi connectivity index (χ0) is 13.6. The number of aryl methyl sites for hydroxylation is 1. The van der Waals surface area contributed by atoms with Crippen LogP contribution in [0.3, 0.4) is 0 Å². The first-order valence-corrected chi connectivity index (χ1v) is 7.42. The van der Waals surface area contributed by atoms with Crippen LogP contribution in [0.5, 0.6) is 0 Å². The number of rotatable bonds is 1. The Labute approximate surface area is 118 Å². The highest BCUT2D eigenvalue weighted by atomic mass is 35.5. The van der Waals surface area contributed by atoms with Crippen molar-refractivity contribution in [3.8, 4) is 0 Å². The largest absolute Gasteiger partial charge is 0.481 e. The predicted molar refractivity (Wildman–Crippen MR) is 75.6 cm³/mol. The predicted octanol–water partition coefficient (Wildman–Crippen LogP) is 4.04. The molecule has 3 rings (SSSR count). The highest BCUT2D eigenvalue weighted by molar-refractivity contribution is 6.30. The van der Waals surface area contributed by atoms with E-state index in [0.29, 0.717) is 0 Å². The van der Waals surface area contributed by atoms with Gasteiger partial charge in [-0.25, -0.2) is 0 Å². The first kappa shape index (κ1) is 13.0. The third-order valence-electron chi connectivity index (χ3n) is 5.24. The number of halogens is 1. The van der Waals surface area contributed by atoms with Crippen LogP contribution >= 0.6 is 11.6 Å². The third kappa shape index (κ3) is 1.97. The van der Waals surface area contributed by atoms with Crippen molar-refractivity contribution in [1.29, 1.82) is 0 Å². The molecule has 3 heteroatoms. The van der Waals surface area contributed by atoms with Gasteiger partial charge in [0.15, 0.2) is 0 Å². The molecular weight excluding hydrogens is 260 g/mol. The fraction of sp³-hybridized carbons (Fsp3) is 0.562. The monoisotopic (exact) mass is 278 g/mol. The molecule has 2 nitrogen and oxygen atoms in total. The van der Waals surface area contributed by atoms with Crippen molar-refractivity contribution in [1.82, 2.24) is 0 Å². The molecule has 1 unspecified atom stereocenters. The molecule has 0 spiro atoms. The molecule has 0 radical (unpaired) electrons. The smallest absolute Gasteiger partial charge is 0.306 e. The van der Waals surface area contributed by atoms with Crippen LogP contribution in [-0.2, 0) is 16.6 Å². The number of hydrogen-bond acceptors (Lipinski definition) is 1. The van der Waals surface area contributed by atoms with E-state index in [-0.39, 0.29) is 17.3 Å². The van der Waals surface area contributed by atoms with Gasteiger partial charge in [0, 0.05) is 5.02 Å². The minimum absolute atomic E-state index is 0.0141. The molecule has 1 saturated carbocycles. The Kier molecular flexibility index (Phi) is 3.09. The second kappa shape index (κ2) is 4.52. The molecular formula is C16H19ClO2. The van der Waals surface area contributed by atoms with Gasteiger partial charge in [-0.2, -0.15) is 0 Å². The van der Waals surface area contributed by atoms with Crippen LogP contribution in [0.2, 0.25) is 5.02 Å². The van der Waals surface area contributed by atoms with Gasteiger partial charge in [0.25, 0.3) is 0 Å². The Hall–Kier alpha value is -1.02. The Balaban J connectivity index is 2.08. The summed E-state index contributed by atoms with van der Waals surface area (Å²) in [5.74, 6) is -0.558. The van der Waals surface area contributed by atoms with Crippen LogP contribution in [0.4, 0.5) is 0 Å². The summed E-state index contributed by atoms with van der Waals surface area (Å²) in [6.07, 6.45) is 4.87. The van der Waals surface area contributed by atoms with Crippen LogP contribution in [0.15, 0.2) is 18.2 Å². The zero-order valence-electron chi connectivity index (χ0n) is 11.2. The minimum atomic E-state index is -0.624. The molecule has 1 fully saturated rings. The summed E-state index contributed by atoms with van der Waals surface area (Å²) in [6, 6.07) is 6.12. The number of carbonyl (C=O) groups is 1. The van der Waals surface area contributed by atoms with E-state index in [9.17, 15) is 9.90 Å². The highest BCUT2D eigenvalue weighted by Crippen LogP contribution is 2.52. The molecule has 1 aromatic carbocycles. The molecule has 2 aliphatic carbocycles. The van der Waals surface area contributed by atoms with Crippen LogP contribution in [0.1, 0.15) is 43.7 Å². The van der Waals surface area contributed by atoms with Gasteiger partial charge in [-0.1, -0.05) is 31.0 Å². The number of carboxylic acids is 1. The van der Waals surface area contributed by atoms with E-state index < -0.39 is 5.97 Å². The van der Waals surface area contributed by atoms with Crippen molar-refractivity contribution in [2.75, 3.05) is 0 Å². The molecule has 102 valence electrons. The average molecular weight is 279 g/mol. The summed E-state index contributed by atoms with van der Waals surface area (Å²) in [5, 5.41) is 10.2. The molecule has 0 bridgehead atoms. The maximum atomic E-state index is 11.5. The van der Waals surface area contributed by atoms with E-state index in [1.54, 1.807) is 0 Å². The van der Waals surface area contributed by atoms with E-state index in [4.69, 9.17) is 11.6 Å². The lowest BCUT2D eigenvalue weighted by Crippen LogP contribution is -2.46. The Bertz CT molecular complexity index is 525. The SMILES string of the molecule is C[C@]12CCC[C@H](C(=O)O)C1CCc1ccc(Cl)cc12. The number of hydrogen-bond donors (Lipinski definition) is 1. The fourth-order valence-corrected chi connectivity index (χ4v) is 4.45. The van der Waals surface area contributed by atoms with E-state index in [2.05, 4.69) is 19.1 Å².